The Balaban J connectivity index is 2.47. The third-order valence-electron chi connectivity index (χ3n) is 1.98. The lowest BCUT2D eigenvalue weighted by atomic mass is 10.2. The van der Waals surface area contributed by atoms with Gasteiger partial charge in [0.2, 0.25) is 0 Å². The van der Waals surface area contributed by atoms with Crippen molar-refractivity contribution < 1.29 is 14.1 Å². The Morgan fingerprint density at radius 3 is 3.00 bits per heavy atom. The molecule has 0 aliphatic carbocycles. The molecule has 0 aromatic carbocycles. The van der Waals surface area contributed by atoms with E-state index in [0.29, 0.717) is 18.1 Å². The van der Waals surface area contributed by atoms with Crippen molar-refractivity contribution in [2.24, 2.45) is 0 Å². The van der Waals surface area contributed by atoms with E-state index in [4.69, 9.17) is 0 Å². The van der Waals surface area contributed by atoms with E-state index < -0.39 is 10.8 Å². The van der Waals surface area contributed by atoms with Crippen molar-refractivity contribution >= 4 is 16.7 Å². The van der Waals surface area contributed by atoms with Crippen LogP contribution in [0.15, 0.2) is 18.5 Å². The van der Waals surface area contributed by atoms with Gasteiger partial charge in [-0.1, -0.05) is 6.92 Å². The third kappa shape index (κ3) is 3.62. The fourth-order valence-electron chi connectivity index (χ4n) is 1.10. The van der Waals surface area contributed by atoms with Gasteiger partial charge >= 0.3 is 0 Å². The summed E-state index contributed by atoms with van der Waals surface area (Å²) in [5.74, 6) is 0.467. The molecule has 1 aromatic rings. The minimum atomic E-state index is -0.895. The van der Waals surface area contributed by atoms with Gasteiger partial charge in [0.25, 0.3) is 5.91 Å². The molecular formula is C10H14N2O3S. The first kappa shape index (κ1) is 12.6. The van der Waals surface area contributed by atoms with Crippen LogP contribution in [-0.2, 0) is 10.8 Å². The second-order valence-electron chi connectivity index (χ2n) is 3.08. The fraction of sp³-hybridized carbons (Fsp3) is 0.400. The first-order valence-corrected chi connectivity index (χ1v) is 6.40. The second kappa shape index (κ2) is 6.22. The number of aromatic hydroxyl groups is 1. The molecule has 2 N–H and O–H groups in total. The highest BCUT2D eigenvalue weighted by atomic mass is 32.2. The number of aromatic nitrogens is 1. The van der Waals surface area contributed by atoms with Crippen LogP contribution in [0.5, 0.6) is 5.75 Å². The first-order valence-electron chi connectivity index (χ1n) is 4.91. The maximum absolute atomic E-state index is 11.5. The lowest BCUT2D eigenvalue weighted by molar-refractivity contribution is 0.0953. The number of pyridine rings is 1. The minimum Gasteiger partial charge on any atom is -0.505 e. The molecule has 1 rings (SSSR count). The zero-order valence-electron chi connectivity index (χ0n) is 8.97. The summed E-state index contributed by atoms with van der Waals surface area (Å²) in [7, 11) is -0.895. The Kier molecular flexibility index (Phi) is 4.91. The normalized spacial score (nSPS) is 12.1. The molecule has 1 unspecified atom stereocenters. The number of hydrogen-bond donors (Lipinski definition) is 2. The van der Waals surface area contributed by atoms with Gasteiger partial charge < -0.3 is 10.4 Å². The molecule has 1 atom stereocenters. The Morgan fingerprint density at radius 2 is 2.38 bits per heavy atom. The predicted octanol–water partition coefficient (Wildman–Crippen LogP) is 0.286. The zero-order chi connectivity index (χ0) is 12.0. The average Bonchev–Trinajstić information content (AvgIpc) is 2.29. The summed E-state index contributed by atoms with van der Waals surface area (Å²) >= 11 is 0. The Morgan fingerprint density at radius 1 is 1.62 bits per heavy atom. The lowest BCUT2D eigenvalue weighted by Gasteiger charge is -2.05. The molecule has 88 valence electrons. The smallest absolute Gasteiger partial charge is 0.255 e. The maximum atomic E-state index is 11.5. The highest BCUT2D eigenvalue weighted by molar-refractivity contribution is 7.84. The van der Waals surface area contributed by atoms with Crippen molar-refractivity contribution in [1.82, 2.24) is 10.3 Å². The lowest BCUT2D eigenvalue weighted by Crippen LogP contribution is -2.28. The van der Waals surface area contributed by atoms with E-state index >= 15 is 0 Å². The van der Waals surface area contributed by atoms with Crippen LogP contribution in [0.4, 0.5) is 0 Å². The molecule has 1 aromatic heterocycles. The van der Waals surface area contributed by atoms with Crippen LogP contribution in [0.2, 0.25) is 0 Å². The van der Waals surface area contributed by atoms with Gasteiger partial charge in [-0.05, 0) is 6.07 Å². The van der Waals surface area contributed by atoms with Gasteiger partial charge in [-0.25, -0.2) is 0 Å². The number of carbonyl (C=O) groups is 1. The molecule has 6 heteroatoms. The van der Waals surface area contributed by atoms with Crippen LogP contribution in [0.25, 0.3) is 0 Å². The largest absolute Gasteiger partial charge is 0.505 e. The number of carbonyl (C=O) groups excluding carboxylic acids is 1. The zero-order valence-corrected chi connectivity index (χ0v) is 9.79. The molecule has 0 aliphatic heterocycles. The topological polar surface area (TPSA) is 79.3 Å². The molecule has 0 fully saturated rings. The van der Waals surface area contributed by atoms with E-state index in [1.165, 1.54) is 18.5 Å². The highest BCUT2D eigenvalue weighted by Gasteiger charge is 2.09. The molecule has 16 heavy (non-hydrogen) atoms. The first-order chi connectivity index (χ1) is 7.65. The molecule has 0 aliphatic rings. The molecular weight excluding hydrogens is 228 g/mol. The van der Waals surface area contributed by atoms with E-state index in [1.54, 1.807) is 0 Å². The number of rotatable bonds is 5. The van der Waals surface area contributed by atoms with Gasteiger partial charge in [-0.2, -0.15) is 0 Å². The van der Waals surface area contributed by atoms with Crippen LogP contribution in [0.3, 0.4) is 0 Å². The van der Waals surface area contributed by atoms with Gasteiger partial charge in [0.1, 0.15) is 5.75 Å². The second-order valence-corrected chi connectivity index (χ2v) is 4.95. The fourth-order valence-corrected chi connectivity index (χ4v) is 1.71. The number of nitrogens with one attached hydrogen (secondary N) is 1. The van der Waals surface area contributed by atoms with Crippen molar-refractivity contribution in [3.63, 3.8) is 0 Å². The van der Waals surface area contributed by atoms with Crippen LogP contribution < -0.4 is 5.32 Å². The van der Waals surface area contributed by atoms with Crippen LogP contribution in [-0.4, -0.2) is 38.3 Å². The molecule has 1 amide bonds. The SMILES string of the molecule is CCS(=O)CCNC(=O)c1ccncc1O. The van der Waals surface area contributed by atoms with Gasteiger partial charge in [-0.3, -0.25) is 14.0 Å². The summed E-state index contributed by atoms with van der Waals surface area (Å²) in [4.78, 5) is 15.2. The Hall–Kier alpha value is -1.43. The average molecular weight is 242 g/mol. The minimum absolute atomic E-state index is 0.156. The Labute approximate surface area is 96.4 Å². The van der Waals surface area contributed by atoms with Gasteiger partial charge in [0, 0.05) is 35.0 Å². The monoisotopic (exact) mass is 242 g/mol. The summed E-state index contributed by atoms with van der Waals surface area (Å²) in [6, 6.07) is 1.43. The van der Waals surface area contributed by atoms with Crippen molar-refractivity contribution in [2.75, 3.05) is 18.1 Å². The molecule has 0 spiro atoms. The van der Waals surface area contributed by atoms with Gasteiger partial charge in [0.05, 0.1) is 11.8 Å². The highest BCUT2D eigenvalue weighted by Crippen LogP contribution is 2.12. The van der Waals surface area contributed by atoms with Gasteiger partial charge in [-0.15, -0.1) is 0 Å². The van der Waals surface area contributed by atoms with Crippen molar-refractivity contribution in [3.05, 3.63) is 24.0 Å². The predicted molar refractivity (Wildman–Crippen MR) is 61.8 cm³/mol. The van der Waals surface area contributed by atoms with Crippen molar-refractivity contribution in [2.45, 2.75) is 6.92 Å². The molecule has 0 saturated heterocycles. The van der Waals surface area contributed by atoms with Crippen molar-refractivity contribution in [3.8, 4) is 5.75 Å². The molecule has 0 saturated carbocycles. The standard InChI is InChI=1S/C10H14N2O3S/c1-2-16(15)6-5-12-10(14)8-3-4-11-7-9(8)13/h3-4,7,13H,2,5-6H2,1H3,(H,12,14). The molecule has 0 bridgehead atoms. The summed E-state index contributed by atoms with van der Waals surface area (Å²) in [5, 5.41) is 11.9. The van der Waals surface area contributed by atoms with E-state index in [0.717, 1.165) is 0 Å². The van der Waals surface area contributed by atoms with E-state index in [-0.39, 0.29) is 17.2 Å². The summed E-state index contributed by atoms with van der Waals surface area (Å²) in [5.41, 5.74) is 0.178. The number of hydrogen-bond acceptors (Lipinski definition) is 4. The van der Waals surface area contributed by atoms with E-state index in [2.05, 4.69) is 10.3 Å². The van der Waals surface area contributed by atoms with Crippen LogP contribution >= 0.6 is 0 Å². The summed E-state index contributed by atoms with van der Waals surface area (Å²) < 4.78 is 11.1. The molecule has 1 heterocycles. The molecule has 5 nitrogen and oxygen atoms in total. The van der Waals surface area contributed by atoms with Crippen LogP contribution in [0.1, 0.15) is 17.3 Å². The summed E-state index contributed by atoms with van der Waals surface area (Å²) in [6.45, 7) is 2.16. The van der Waals surface area contributed by atoms with Gasteiger partial charge in [0.15, 0.2) is 0 Å². The Bertz CT molecular complexity index is 395. The maximum Gasteiger partial charge on any atom is 0.255 e. The quantitative estimate of drug-likeness (QED) is 0.777. The number of nitrogens with zero attached hydrogens (tertiary/aromatic N) is 1. The van der Waals surface area contributed by atoms with Crippen LogP contribution in [0, 0.1) is 0 Å². The third-order valence-corrected chi connectivity index (χ3v) is 3.29. The van der Waals surface area contributed by atoms with E-state index in [9.17, 15) is 14.1 Å². The summed E-state index contributed by atoms with van der Waals surface area (Å²) in [6.07, 6.45) is 2.64. The van der Waals surface area contributed by atoms with Crippen molar-refractivity contribution in [1.29, 1.82) is 0 Å². The number of amides is 1. The molecule has 0 radical (unpaired) electrons. The van der Waals surface area contributed by atoms with E-state index in [1.807, 2.05) is 6.92 Å².